The molecule has 2 N–H and O–H groups in total. The zero-order valence-corrected chi connectivity index (χ0v) is 17.3. The summed E-state index contributed by atoms with van der Waals surface area (Å²) in [6.07, 6.45) is 0. The lowest BCUT2D eigenvalue weighted by molar-refractivity contribution is 0.0920. The lowest BCUT2D eigenvalue weighted by Gasteiger charge is -2.22. The standard InChI is InChI=1S/C20H26N2O4S/c1-13-11-15(26-6)12-14(2)18(13)27(24,25)22-17-10-8-7-9-16(17)19(23)21-20(3,4)5/h7-12,22H,1-6H3,(H,21,23). The van der Waals surface area contributed by atoms with Gasteiger partial charge in [-0.15, -0.1) is 0 Å². The summed E-state index contributed by atoms with van der Waals surface area (Å²) in [5.74, 6) is 0.248. The van der Waals surface area contributed by atoms with Crippen LogP contribution in [0.1, 0.15) is 42.3 Å². The van der Waals surface area contributed by atoms with E-state index in [-0.39, 0.29) is 22.1 Å². The monoisotopic (exact) mass is 390 g/mol. The minimum atomic E-state index is -3.88. The fourth-order valence-corrected chi connectivity index (χ4v) is 4.36. The first kappa shape index (κ1) is 20.8. The van der Waals surface area contributed by atoms with Gasteiger partial charge in [0.05, 0.1) is 23.3 Å². The molecule has 0 saturated heterocycles. The number of para-hydroxylation sites is 1. The molecule has 6 nitrogen and oxygen atoms in total. The van der Waals surface area contributed by atoms with E-state index >= 15 is 0 Å². The molecule has 0 saturated carbocycles. The lowest BCUT2D eigenvalue weighted by atomic mass is 10.1. The summed E-state index contributed by atoms with van der Waals surface area (Å²) in [6.45, 7) is 9.01. The van der Waals surface area contributed by atoms with Crippen molar-refractivity contribution in [1.82, 2.24) is 5.32 Å². The highest BCUT2D eigenvalue weighted by Crippen LogP contribution is 2.28. The third-order valence-electron chi connectivity index (χ3n) is 3.84. The highest BCUT2D eigenvalue weighted by Gasteiger charge is 2.24. The molecule has 0 aromatic heterocycles. The van der Waals surface area contributed by atoms with Gasteiger partial charge in [0.1, 0.15) is 5.75 Å². The molecule has 0 radical (unpaired) electrons. The number of hydrogen-bond donors (Lipinski definition) is 2. The van der Waals surface area contributed by atoms with Crippen LogP contribution < -0.4 is 14.8 Å². The summed E-state index contributed by atoms with van der Waals surface area (Å²) in [7, 11) is -2.35. The topological polar surface area (TPSA) is 84.5 Å². The van der Waals surface area contributed by atoms with E-state index in [1.807, 2.05) is 20.8 Å². The van der Waals surface area contributed by atoms with Crippen molar-refractivity contribution in [3.05, 3.63) is 53.1 Å². The largest absolute Gasteiger partial charge is 0.497 e. The predicted octanol–water partition coefficient (Wildman–Crippen LogP) is 3.64. The molecule has 7 heteroatoms. The van der Waals surface area contributed by atoms with Crippen molar-refractivity contribution in [2.45, 2.75) is 45.1 Å². The first-order valence-electron chi connectivity index (χ1n) is 8.54. The first-order chi connectivity index (χ1) is 12.4. The first-order valence-corrected chi connectivity index (χ1v) is 10.0. The van der Waals surface area contributed by atoms with Crippen LogP contribution in [0, 0.1) is 13.8 Å². The minimum absolute atomic E-state index is 0.175. The van der Waals surface area contributed by atoms with Crippen LogP contribution in [0.15, 0.2) is 41.3 Å². The van der Waals surface area contributed by atoms with Crippen LogP contribution in [0.4, 0.5) is 5.69 Å². The number of benzene rings is 2. The number of amides is 1. The summed E-state index contributed by atoms with van der Waals surface area (Å²) in [5.41, 5.74) is 1.19. The van der Waals surface area contributed by atoms with Gasteiger partial charge in [0, 0.05) is 5.54 Å². The Morgan fingerprint density at radius 1 is 1.04 bits per heavy atom. The summed E-state index contributed by atoms with van der Waals surface area (Å²) < 4.78 is 33.8. The third-order valence-corrected chi connectivity index (χ3v) is 5.51. The van der Waals surface area contributed by atoms with Gasteiger partial charge in [0.25, 0.3) is 15.9 Å². The van der Waals surface area contributed by atoms with E-state index in [0.29, 0.717) is 16.9 Å². The van der Waals surface area contributed by atoms with Crippen molar-refractivity contribution in [2.75, 3.05) is 11.8 Å². The summed E-state index contributed by atoms with van der Waals surface area (Å²) in [5, 5.41) is 2.85. The SMILES string of the molecule is COc1cc(C)c(S(=O)(=O)Nc2ccccc2C(=O)NC(C)(C)C)c(C)c1. The van der Waals surface area contributed by atoms with Crippen LogP contribution in [-0.2, 0) is 10.0 Å². The number of aryl methyl sites for hydroxylation is 2. The van der Waals surface area contributed by atoms with Gasteiger partial charge in [-0.05, 0) is 70.0 Å². The number of sulfonamides is 1. The van der Waals surface area contributed by atoms with E-state index in [9.17, 15) is 13.2 Å². The molecule has 0 spiro atoms. The Morgan fingerprint density at radius 2 is 1.59 bits per heavy atom. The van der Waals surface area contributed by atoms with Crippen molar-refractivity contribution >= 4 is 21.6 Å². The van der Waals surface area contributed by atoms with E-state index in [0.717, 1.165) is 0 Å². The molecule has 0 bridgehead atoms. The van der Waals surface area contributed by atoms with Gasteiger partial charge in [-0.2, -0.15) is 0 Å². The number of carbonyl (C=O) groups excluding carboxylic acids is 1. The maximum absolute atomic E-state index is 13.0. The number of carbonyl (C=O) groups is 1. The second-order valence-corrected chi connectivity index (χ2v) is 9.06. The minimum Gasteiger partial charge on any atom is -0.497 e. The molecule has 0 aliphatic heterocycles. The Kier molecular flexibility index (Phi) is 5.85. The van der Waals surface area contributed by atoms with Crippen molar-refractivity contribution in [3.63, 3.8) is 0 Å². The summed E-state index contributed by atoms with van der Waals surface area (Å²) in [6, 6.07) is 9.87. The average molecular weight is 391 g/mol. The Labute approximate surface area is 161 Å². The second kappa shape index (κ2) is 7.60. The highest BCUT2D eigenvalue weighted by atomic mass is 32.2. The molecule has 1 amide bonds. The normalized spacial score (nSPS) is 11.8. The molecule has 0 aliphatic carbocycles. The number of methoxy groups -OCH3 is 1. The Morgan fingerprint density at radius 3 is 2.11 bits per heavy atom. The molecule has 2 aromatic rings. The fourth-order valence-electron chi connectivity index (χ4n) is 2.83. The van der Waals surface area contributed by atoms with Crippen LogP contribution in [-0.4, -0.2) is 27.0 Å². The maximum atomic E-state index is 13.0. The Bertz CT molecular complexity index is 937. The van der Waals surface area contributed by atoms with Gasteiger partial charge in [0.2, 0.25) is 0 Å². The lowest BCUT2D eigenvalue weighted by Crippen LogP contribution is -2.40. The molecule has 146 valence electrons. The molecule has 2 rings (SSSR count). The van der Waals surface area contributed by atoms with Crippen molar-refractivity contribution in [1.29, 1.82) is 0 Å². The molecule has 27 heavy (non-hydrogen) atoms. The number of hydrogen-bond acceptors (Lipinski definition) is 4. The molecule has 0 unspecified atom stereocenters. The molecule has 0 aliphatic rings. The van der Waals surface area contributed by atoms with Crippen LogP contribution in [0.5, 0.6) is 5.75 Å². The molecule has 0 atom stereocenters. The molecule has 2 aromatic carbocycles. The number of nitrogens with one attached hydrogen (secondary N) is 2. The van der Waals surface area contributed by atoms with Gasteiger partial charge in [0.15, 0.2) is 0 Å². The van der Waals surface area contributed by atoms with Gasteiger partial charge in [-0.3, -0.25) is 9.52 Å². The quantitative estimate of drug-likeness (QED) is 0.816. The van der Waals surface area contributed by atoms with Gasteiger partial charge < -0.3 is 10.1 Å². The van der Waals surface area contributed by atoms with Gasteiger partial charge >= 0.3 is 0 Å². The van der Waals surface area contributed by atoms with Crippen LogP contribution in [0.3, 0.4) is 0 Å². The summed E-state index contributed by atoms with van der Waals surface area (Å²) >= 11 is 0. The smallest absolute Gasteiger partial charge is 0.262 e. The molecule has 0 heterocycles. The van der Waals surface area contributed by atoms with Gasteiger partial charge in [-0.25, -0.2) is 8.42 Å². The maximum Gasteiger partial charge on any atom is 0.262 e. The van der Waals surface area contributed by atoms with Crippen molar-refractivity contribution in [3.8, 4) is 5.75 Å². The van der Waals surface area contributed by atoms with E-state index < -0.39 is 15.6 Å². The number of anilines is 1. The van der Waals surface area contributed by atoms with Crippen molar-refractivity contribution in [2.24, 2.45) is 0 Å². The third kappa shape index (κ3) is 5.01. The van der Waals surface area contributed by atoms with E-state index in [2.05, 4.69) is 10.0 Å². The zero-order valence-electron chi connectivity index (χ0n) is 16.5. The number of rotatable bonds is 5. The van der Waals surface area contributed by atoms with Crippen LogP contribution in [0.2, 0.25) is 0 Å². The molecular weight excluding hydrogens is 364 g/mol. The van der Waals surface area contributed by atoms with Crippen LogP contribution >= 0.6 is 0 Å². The predicted molar refractivity (Wildman–Crippen MR) is 107 cm³/mol. The van der Waals surface area contributed by atoms with E-state index in [1.165, 1.54) is 7.11 Å². The van der Waals surface area contributed by atoms with E-state index in [4.69, 9.17) is 4.74 Å². The summed E-state index contributed by atoms with van der Waals surface area (Å²) in [4.78, 5) is 12.7. The van der Waals surface area contributed by atoms with Crippen LogP contribution in [0.25, 0.3) is 0 Å². The number of ether oxygens (including phenoxy) is 1. The zero-order chi connectivity index (χ0) is 20.4. The Balaban J connectivity index is 2.44. The molecular formula is C20H26N2O4S. The Hall–Kier alpha value is -2.54. The van der Waals surface area contributed by atoms with Crippen molar-refractivity contribution < 1.29 is 17.9 Å². The fraction of sp³-hybridized carbons (Fsp3) is 0.350. The highest BCUT2D eigenvalue weighted by molar-refractivity contribution is 7.92. The second-order valence-electron chi connectivity index (χ2n) is 7.45. The molecule has 0 fully saturated rings. The van der Waals surface area contributed by atoms with Gasteiger partial charge in [-0.1, -0.05) is 12.1 Å². The van der Waals surface area contributed by atoms with E-state index in [1.54, 1.807) is 50.2 Å². The average Bonchev–Trinajstić information content (AvgIpc) is 2.52.